The number of hydrogen-bond donors (Lipinski definition) is 2. The van der Waals surface area contributed by atoms with Gasteiger partial charge in [-0.3, -0.25) is 4.79 Å². The third-order valence-electron chi connectivity index (χ3n) is 6.63. The number of phenolic OH excluding ortho intramolecular Hbond substituents is 1. The lowest BCUT2D eigenvalue weighted by Crippen LogP contribution is -2.40. The average Bonchev–Trinajstić information content (AvgIpc) is 2.88. The number of amides is 3. The van der Waals surface area contributed by atoms with Crippen LogP contribution >= 0.6 is 0 Å². The van der Waals surface area contributed by atoms with Crippen LogP contribution in [0.2, 0.25) is 0 Å². The first kappa shape index (κ1) is 30.2. The summed E-state index contributed by atoms with van der Waals surface area (Å²) in [5, 5.41) is 9.37. The second-order valence-electron chi connectivity index (χ2n) is 9.86. The average molecular weight is 511 g/mol. The van der Waals surface area contributed by atoms with Crippen LogP contribution in [0, 0.1) is 0 Å². The molecule has 3 amide bonds. The van der Waals surface area contributed by atoms with Crippen molar-refractivity contribution < 1.29 is 19.4 Å². The van der Waals surface area contributed by atoms with Crippen LogP contribution in [-0.4, -0.2) is 17.0 Å². The summed E-state index contributed by atoms with van der Waals surface area (Å²) in [6.45, 7) is 2.26. The Balaban J connectivity index is 1.59. The van der Waals surface area contributed by atoms with Gasteiger partial charge in [0.15, 0.2) is 0 Å². The lowest BCUT2D eigenvalue weighted by molar-refractivity contribution is -0.118. The first-order chi connectivity index (χ1) is 18.0. The Morgan fingerprint density at radius 3 is 1.51 bits per heavy atom. The molecule has 2 aromatic rings. The van der Waals surface area contributed by atoms with Gasteiger partial charge in [0, 0.05) is 6.42 Å². The molecule has 0 heterocycles. The molecule has 0 saturated heterocycles. The highest BCUT2D eigenvalue weighted by molar-refractivity contribution is 6.13. The van der Waals surface area contributed by atoms with Gasteiger partial charge in [-0.05, 0) is 55.0 Å². The van der Waals surface area contributed by atoms with Crippen LogP contribution in [0.1, 0.15) is 110 Å². The topological polar surface area (TPSA) is 92.9 Å². The number of carbonyl (C=O) groups is 2. The fraction of sp³-hybridized carbons (Fsp3) is 0.548. The fourth-order valence-electron chi connectivity index (χ4n) is 4.47. The number of primary amides is 1. The summed E-state index contributed by atoms with van der Waals surface area (Å²) in [5.41, 5.74) is 5.94. The number of rotatable bonds is 19. The Labute approximate surface area is 223 Å². The number of nitrogens with two attached hydrogens (primary N) is 1. The summed E-state index contributed by atoms with van der Waals surface area (Å²) in [4.78, 5) is 25.7. The number of phenols is 1. The van der Waals surface area contributed by atoms with Gasteiger partial charge in [0.2, 0.25) is 5.91 Å². The number of unbranched alkanes of at least 4 members (excludes halogenated alkanes) is 14. The van der Waals surface area contributed by atoms with Gasteiger partial charge in [-0.15, -0.1) is 0 Å². The Hall–Kier alpha value is -3.02. The van der Waals surface area contributed by atoms with Gasteiger partial charge in [0.25, 0.3) is 0 Å². The van der Waals surface area contributed by atoms with Gasteiger partial charge < -0.3 is 15.6 Å². The van der Waals surface area contributed by atoms with Crippen molar-refractivity contribution in [2.24, 2.45) is 5.73 Å². The molecule has 0 radical (unpaired) electrons. The standard InChI is InChI=1S/C31H46N2O4/c1-2-3-4-5-6-7-8-9-10-11-12-13-14-15-16-17-30(35)33(31(32)36)26-18-22-28(23-19-26)37-29-24-20-27(34)21-25-29/h18-25,34H,2-17H2,1H3,(H2,32,36). The largest absolute Gasteiger partial charge is 0.508 e. The van der Waals surface area contributed by atoms with Gasteiger partial charge in [0.1, 0.15) is 17.2 Å². The number of anilines is 1. The van der Waals surface area contributed by atoms with Gasteiger partial charge in [0.05, 0.1) is 5.69 Å². The predicted octanol–water partition coefficient (Wildman–Crippen LogP) is 8.86. The van der Waals surface area contributed by atoms with E-state index in [0.717, 1.165) is 24.2 Å². The molecule has 0 aliphatic rings. The highest BCUT2D eigenvalue weighted by atomic mass is 16.5. The summed E-state index contributed by atoms with van der Waals surface area (Å²) in [5.74, 6) is 0.997. The van der Waals surface area contributed by atoms with E-state index < -0.39 is 6.03 Å². The second-order valence-corrected chi connectivity index (χ2v) is 9.86. The SMILES string of the molecule is CCCCCCCCCCCCCCCCCC(=O)N(C(N)=O)c1ccc(Oc2ccc(O)cc2)cc1. The van der Waals surface area contributed by atoms with Crippen molar-refractivity contribution in [2.45, 2.75) is 110 Å². The maximum absolute atomic E-state index is 12.7. The van der Waals surface area contributed by atoms with E-state index in [2.05, 4.69) is 6.92 Å². The van der Waals surface area contributed by atoms with Crippen LogP contribution in [0.5, 0.6) is 17.2 Å². The van der Waals surface area contributed by atoms with Crippen LogP contribution in [0.25, 0.3) is 0 Å². The molecule has 3 N–H and O–H groups in total. The van der Waals surface area contributed by atoms with Crippen molar-refractivity contribution >= 4 is 17.6 Å². The van der Waals surface area contributed by atoms with Crippen molar-refractivity contribution in [1.82, 2.24) is 0 Å². The molecule has 204 valence electrons. The molecule has 37 heavy (non-hydrogen) atoms. The number of hydrogen-bond acceptors (Lipinski definition) is 4. The first-order valence-corrected chi connectivity index (χ1v) is 14.2. The number of benzene rings is 2. The van der Waals surface area contributed by atoms with Crippen molar-refractivity contribution in [3.8, 4) is 17.2 Å². The maximum atomic E-state index is 12.7. The van der Waals surface area contributed by atoms with Gasteiger partial charge in [-0.25, -0.2) is 9.69 Å². The quantitative estimate of drug-likeness (QED) is 0.185. The number of nitrogens with zero attached hydrogens (tertiary/aromatic N) is 1. The molecule has 0 aromatic heterocycles. The van der Waals surface area contributed by atoms with Crippen molar-refractivity contribution in [1.29, 1.82) is 0 Å². The molecule has 0 spiro atoms. The van der Waals surface area contributed by atoms with E-state index in [4.69, 9.17) is 10.5 Å². The molecule has 0 unspecified atom stereocenters. The normalized spacial score (nSPS) is 10.8. The highest BCUT2D eigenvalue weighted by Crippen LogP contribution is 2.26. The van der Waals surface area contributed by atoms with Gasteiger partial charge in [-0.1, -0.05) is 96.8 Å². The minimum absolute atomic E-state index is 0.160. The molecular formula is C31H46N2O4. The minimum Gasteiger partial charge on any atom is -0.508 e. The molecule has 2 aromatic carbocycles. The maximum Gasteiger partial charge on any atom is 0.326 e. The van der Waals surface area contributed by atoms with E-state index in [-0.39, 0.29) is 11.7 Å². The van der Waals surface area contributed by atoms with E-state index >= 15 is 0 Å². The second kappa shape index (κ2) is 18.3. The molecule has 0 saturated carbocycles. The van der Waals surface area contributed by atoms with Gasteiger partial charge >= 0.3 is 6.03 Å². The monoisotopic (exact) mass is 510 g/mol. The zero-order chi connectivity index (χ0) is 26.7. The number of urea groups is 1. The summed E-state index contributed by atoms with van der Waals surface area (Å²) in [6, 6.07) is 12.2. The van der Waals surface area contributed by atoms with E-state index in [1.54, 1.807) is 36.4 Å². The number of ether oxygens (including phenoxy) is 1. The molecular weight excluding hydrogens is 464 g/mol. The van der Waals surface area contributed by atoms with Crippen LogP contribution in [0.3, 0.4) is 0 Å². The molecule has 0 bridgehead atoms. The Bertz CT molecular complexity index is 896. The number of aromatic hydroxyl groups is 1. The van der Waals surface area contributed by atoms with Crippen molar-refractivity contribution in [2.75, 3.05) is 4.90 Å². The summed E-state index contributed by atoms with van der Waals surface area (Å²) < 4.78 is 5.72. The van der Waals surface area contributed by atoms with Crippen molar-refractivity contribution in [3.05, 3.63) is 48.5 Å². The number of imide groups is 1. The zero-order valence-corrected chi connectivity index (χ0v) is 22.6. The predicted molar refractivity (Wildman–Crippen MR) is 151 cm³/mol. The highest BCUT2D eigenvalue weighted by Gasteiger charge is 2.20. The Kier molecular flexibility index (Phi) is 14.9. The zero-order valence-electron chi connectivity index (χ0n) is 22.6. The fourth-order valence-corrected chi connectivity index (χ4v) is 4.47. The molecule has 0 atom stereocenters. The third kappa shape index (κ3) is 12.7. The molecule has 0 fully saturated rings. The van der Waals surface area contributed by atoms with Gasteiger partial charge in [-0.2, -0.15) is 0 Å². The summed E-state index contributed by atoms with van der Waals surface area (Å²) in [7, 11) is 0. The lowest BCUT2D eigenvalue weighted by Gasteiger charge is -2.19. The molecule has 6 nitrogen and oxygen atoms in total. The Morgan fingerprint density at radius 1 is 0.676 bits per heavy atom. The summed E-state index contributed by atoms with van der Waals surface area (Å²) in [6.07, 6.45) is 19.3. The number of carbonyl (C=O) groups excluding carboxylic acids is 2. The van der Waals surface area contributed by atoms with E-state index in [9.17, 15) is 14.7 Å². The Morgan fingerprint density at radius 2 is 1.08 bits per heavy atom. The van der Waals surface area contributed by atoms with Crippen LogP contribution in [-0.2, 0) is 4.79 Å². The van der Waals surface area contributed by atoms with E-state index in [1.807, 2.05) is 0 Å². The van der Waals surface area contributed by atoms with E-state index in [1.165, 1.54) is 89.2 Å². The summed E-state index contributed by atoms with van der Waals surface area (Å²) >= 11 is 0. The molecule has 2 rings (SSSR count). The first-order valence-electron chi connectivity index (χ1n) is 14.2. The molecule has 6 heteroatoms. The third-order valence-corrected chi connectivity index (χ3v) is 6.63. The van der Waals surface area contributed by atoms with Crippen molar-refractivity contribution in [3.63, 3.8) is 0 Å². The van der Waals surface area contributed by atoms with Crippen LogP contribution in [0.15, 0.2) is 48.5 Å². The van der Waals surface area contributed by atoms with E-state index in [0.29, 0.717) is 23.6 Å². The minimum atomic E-state index is -0.779. The van der Waals surface area contributed by atoms with Crippen LogP contribution in [0.4, 0.5) is 10.5 Å². The lowest BCUT2D eigenvalue weighted by atomic mass is 10.0. The molecule has 0 aliphatic heterocycles. The molecule has 0 aliphatic carbocycles. The van der Waals surface area contributed by atoms with Crippen LogP contribution < -0.4 is 15.4 Å². The smallest absolute Gasteiger partial charge is 0.326 e.